The molecule has 0 aliphatic heterocycles. The summed E-state index contributed by atoms with van der Waals surface area (Å²) in [7, 11) is 0. The normalized spacial score (nSPS) is 10.5. The van der Waals surface area contributed by atoms with E-state index < -0.39 is 0 Å². The van der Waals surface area contributed by atoms with Crippen LogP contribution in [0.1, 0.15) is 11.6 Å². The fourth-order valence-electron chi connectivity index (χ4n) is 0.962. The summed E-state index contributed by atoms with van der Waals surface area (Å²) in [4.78, 5) is 0. The number of aliphatic hydroxyl groups is 1. The zero-order valence-corrected chi connectivity index (χ0v) is 6.49. The zero-order valence-electron chi connectivity index (χ0n) is 6.49. The van der Waals surface area contributed by atoms with E-state index in [0.29, 0.717) is 18.9 Å². The summed E-state index contributed by atoms with van der Waals surface area (Å²) < 4.78 is 1.81. The van der Waals surface area contributed by atoms with Gasteiger partial charge in [-0.25, -0.2) is 0 Å². The van der Waals surface area contributed by atoms with E-state index in [-0.39, 0.29) is 6.61 Å². The third kappa shape index (κ3) is 1.55. The monoisotopic (exact) mass is 156 g/mol. The van der Waals surface area contributed by atoms with E-state index in [1.54, 1.807) is 4.57 Å². The standard InChI is InChI=1S/C6H12N4O/c1-5-8-9-6(4-11)10(5)3-2-7/h11H,2-4,7H2,1H3. The van der Waals surface area contributed by atoms with Crippen molar-refractivity contribution in [3.05, 3.63) is 11.6 Å². The first-order chi connectivity index (χ1) is 5.29. The van der Waals surface area contributed by atoms with Gasteiger partial charge in [0.15, 0.2) is 5.82 Å². The number of nitrogens with two attached hydrogens (primary N) is 1. The van der Waals surface area contributed by atoms with Crippen LogP contribution in [-0.2, 0) is 13.2 Å². The second-order valence-electron chi connectivity index (χ2n) is 2.26. The first-order valence-electron chi connectivity index (χ1n) is 3.49. The maximum atomic E-state index is 8.79. The lowest BCUT2D eigenvalue weighted by Gasteiger charge is -2.03. The van der Waals surface area contributed by atoms with Gasteiger partial charge in [-0.1, -0.05) is 0 Å². The van der Waals surface area contributed by atoms with Crippen molar-refractivity contribution in [2.45, 2.75) is 20.1 Å². The Labute approximate surface area is 64.9 Å². The minimum atomic E-state index is -0.0825. The Hall–Kier alpha value is -0.940. The van der Waals surface area contributed by atoms with Crippen molar-refractivity contribution in [3.8, 4) is 0 Å². The van der Waals surface area contributed by atoms with Gasteiger partial charge < -0.3 is 15.4 Å². The molecule has 5 heteroatoms. The predicted octanol–water partition coefficient (Wildman–Crippen LogP) is -0.962. The number of hydrogen-bond donors (Lipinski definition) is 2. The van der Waals surface area contributed by atoms with Gasteiger partial charge in [0.1, 0.15) is 12.4 Å². The van der Waals surface area contributed by atoms with Crippen LogP contribution in [0.3, 0.4) is 0 Å². The highest BCUT2D eigenvalue weighted by Gasteiger charge is 2.04. The van der Waals surface area contributed by atoms with E-state index in [2.05, 4.69) is 10.2 Å². The van der Waals surface area contributed by atoms with Gasteiger partial charge in [-0.3, -0.25) is 0 Å². The molecular formula is C6H12N4O. The molecule has 62 valence electrons. The molecule has 0 atom stereocenters. The smallest absolute Gasteiger partial charge is 0.158 e. The largest absolute Gasteiger partial charge is 0.388 e. The Balaban J connectivity index is 2.88. The molecule has 0 saturated heterocycles. The second-order valence-corrected chi connectivity index (χ2v) is 2.26. The van der Waals surface area contributed by atoms with E-state index >= 15 is 0 Å². The van der Waals surface area contributed by atoms with Crippen molar-refractivity contribution in [2.24, 2.45) is 5.73 Å². The molecule has 3 N–H and O–H groups in total. The molecule has 0 aliphatic carbocycles. The molecule has 0 unspecified atom stereocenters. The average molecular weight is 156 g/mol. The lowest BCUT2D eigenvalue weighted by Crippen LogP contribution is -2.13. The molecule has 0 aromatic carbocycles. The molecule has 0 aliphatic rings. The molecule has 0 amide bonds. The Morgan fingerprint density at radius 3 is 2.82 bits per heavy atom. The van der Waals surface area contributed by atoms with Gasteiger partial charge >= 0.3 is 0 Å². The van der Waals surface area contributed by atoms with Gasteiger partial charge in [-0.05, 0) is 6.92 Å². The van der Waals surface area contributed by atoms with Crippen LogP contribution in [0.2, 0.25) is 0 Å². The van der Waals surface area contributed by atoms with Crippen molar-refractivity contribution in [2.75, 3.05) is 6.54 Å². The van der Waals surface area contributed by atoms with Gasteiger partial charge in [0, 0.05) is 13.1 Å². The van der Waals surface area contributed by atoms with E-state index in [1.165, 1.54) is 0 Å². The zero-order chi connectivity index (χ0) is 8.27. The maximum Gasteiger partial charge on any atom is 0.158 e. The van der Waals surface area contributed by atoms with E-state index in [0.717, 1.165) is 5.82 Å². The Morgan fingerprint density at radius 2 is 2.27 bits per heavy atom. The fourth-order valence-corrected chi connectivity index (χ4v) is 0.962. The summed E-state index contributed by atoms with van der Waals surface area (Å²) in [5.41, 5.74) is 5.35. The van der Waals surface area contributed by atoms with Crippen LogP contribution < -0.4 is 5.73 Å². The molecule has 1 rings (SSSR count). The van der Waals surface area contributed by atoms with Crippen LogP contribution in [0, 0.1) is 6.92 Å². The van der Waals surface area contributed by atoms with Crippen LogP contribution in [0.25, 0.3) is 0 Å². The molecule has 5 nitrogen and oxygen atoms in total. The van der Waals surface area contributed by atoms with Crippen LogP contribution in [-0.4, -0.2) is 26.4 Å². The van der Waals surface area contributed by atoms with Crippen LogP contribution in [0.15, 0.2) is 0 Å². The third-order valence-electron chi connectivity index (χ3n) is 1.51. The second kappa shape index (κ2) is 3.45. The van der Waals surface area contributed by atoms with E-state index in [9.17, 15) is 0 Å². The summed E-state index contributed by atoms with van der Waals surface area (Å²) in [5, 5.41) is 16.4. The van der Waals surface area contributed by atoms with Crippen molar-refractivity contribution < 1.29 is 5.11 Å². The Morgan fingerprint density at radius 1 is 1.55 bits per heavy atom. The number of aromatic nitrogens is 3. The summed E-state index contributed by atoms with van der Waals surface area (Å²) in [6.45, 7) is 2.95. The first kappa shape index (κ1) is 8.16. The topological polar surface area (TPSA) is 77.0 Å². The van der Waals surface area contributed by atoms with Crippen LogP contribution in [0.5, 0.6) is 0 Å². The minimum absolute atomic E-state index is 0.0825. The molecule has 0 spiro atoms. The molecule has 0 saturated carbocycles. The highest BCUT2D eigenvalue weighted by atomic mass is 16.3. The van der Waals surface area contributed by atoms with Crippen molar-refractivity contribution >= 4 is 0 Å². The number of aliphatic hydroxyl groups excluding tert-OH is 1. The molecule has 0 fully saturated rings. The highest BCUT2D eigenvalue weighted by Crippen LogP contribution is 1.99. The van der Waals surface area contributed by atoms with Crippen molar-refractivity contribution in [1.82, 2.24) is 14.8 Å². The van der Waals surface area contributed by atoms with Gasteiger partial charge in [0.25, 0.3) is 0 Å². The molecular weight excluding hydrogens is 144 g/mol. The number of hydrogen-bond acceptors (Lipinski definition) is 4. The molecule has 1 aromatic rings. The number of nitrogens with zero attached hydrogens (tertiary/aromatic N) is 3. The van der Waals surface area contributed by atoms with Crippen molar-refractivity contribution in [3.63, 3.8) is 0 Å². The summed E-state index contributed by atoms with van der Waals surface area (Å²) in [6.07, 6.45) is 0. The van der Waals surface area contributed by atoms with Gasteiger partial charge in [-0.15, -0.1) is 10.2 Å². The third-order valence-corrected chi connectivity index (χ3v) is 1.51. The molecule has 0 radical (unpaired) electrons. The van der Waals surface area contributed by atoms with Gasteiger partial charge in [-0.2, -0.15) is 0 Å². The van der Waals surface area contributed by atoms with Crippen LogP contribution in [0.4, 0.5) is 0 Å². The van der Waals surface area contributed by atoms with Gasteiger partial charge in [0.2, 0.25) is 0 Å². The first-order valence-corrected chi connectivity index (χ1v) is 3.49. The number of aryl methyl sites for hydroxylation is 1. The lowest BCUT2D eigenvalue weighted by atomic mass is 10.5. The molecule has 0 bridgehead atoms. The fraction of sp³-hybridized carbons (Fsp3) is 0.667. The Bertz CT molecular complexity index is 232. The summed E-state index contributed by atoms with van der Waals surface area (Å²) in [6, 6.07) is 0. The predicted molar refractivity (Wildman–Crippen MR) is 39.7 cm³/mol. The summed E-state index contributed by atoms with van der Waals surface area (Å²) >= 11 is 0. The molecule has 11 heavy (non-hydrogen) atoms. The maximum absolute atomic E-state index is 8.79. The summed E-state index contributed by atoms with van der Waals surface area (Å²) in [5.74, 6) is 1.37. The van der Waals surface area contributed by atoms with Gasteiger partial charge in [0.05, 0.1) is 0 Å². The van der Waals surface area contributed by atoms with E-state index in [4.69, 9.17) is 10.8 Å². The molecule has 1 heterocycles. The Kier molecular flexibility index (Phi) is 2.56. The highest BCUT2D eigenvalue weighted by molar-refractivity contribution is 4.92. The van der Waals surface area contributed by atoms with E-state index in [1.807, 2.05) is 6.92 Å². The minimum Gasteiger partial charge on any atom is -0.388 e. The number of rotatable bonds is 3. The quantitative estimate of drug-likeness (QED) is 0.590. The average Bonchev–Trinajstić information content (AvgIpc) is 2.34. The van der Waals surface area contributed by atoms with Crippen molar-refractivity contribution in [1.29, 1.82) is 0 Å². The molecule has 1 aromatic heterocycles. The SMILES string of the molecule is Cc1nnc(CO)n1CCN. The lowest BCUT2D eigenvalue weighted by molar-refractivity contribution is 0.264. The van der Waals surface area contributed by atoms with Crippen LogP contribution >= 0.6 is 0 Å².